The summed E-state index contributed by atoms with van der Waals surface area (Å²) in [5.41, 5.74) is 1.84. The Hall–Kier alpha value is -2.02. The van der Waals surface area contributed by atoms with E-state index < -0.39 is 18.6 Å². The molecule has 1 aliphatic rings. The Labute approximate surface area is 116 Å². The van der Waals surface area contributed by atoms with Gasteiger partial charge in [-0.2, -0.15) is 0 Å². The topological polar surface area (TPSA) is 91.3 Å². The monoisotopic (exact) mass is 286 g/mol. The van der Waals surface area contributed by atoms with E-state index in [1.54, 1.807) is 0 Å². The van der Waals surface area contributed by atoms with Crippen molar-refractivity contribution in [3.63, 3.8) is 0 Å². The lowest BCUT2D eigenvalue weighted by Gasteiger charge is -2.28. The van der Waals surface area contributed by atoms with Crippen LogP contribution in [0.15, 0.2) is 23.5 Å². The van der Waals surface area contributed by atoms with Crippen molar-refractivity contribution < 1.29 is 33.9 Å². The molecule has 7 nitrogen and oxygen atoms in total. The van der Waals surface area contributed by atoms with Gasteiger partial charge in [-0.25, -0.2) is 9.59 Å². The first-order valence-corrected chi connectivity index (χ1v) is 6.17. The number of ether oxygens (including phenoxy) is 2. The third kappa shape index (κ3) is 4.27. The molecule has 0 bridgehead atoms. The largest absolute Gasteiger partial charge is 0.551 e. The molecule has 1 unspecified atom stereocenters. The highest BCUT2D eigenvalue weighted by atomic mass is 17.3. The molecular weight excluding hydrogens is 268 g/mol. The van der Waals surface area contributed by atoms with E-state index in [2.05, 4.69) is 9.62 Å². The van der Waals surface area contributed by atoms with Gasteiger partial charge in [0.05, 0.1) is 6.26 Å². The first-order chi connectivity index (χ1) is 9.32. The minimum absolute atomic E-state index is 0.0986. The Morgan fingerprint density at radius 3 is 2.40 bits per heavy atom. The van der Waals surface area contributed by atoms with Gasteiger partial charge >= 0.3 is 12.3 Å². The van der Waals surface area contributed by atoms with Gasteiger partial charge in [-0.3, -0.25) is 4.89 Å². The number of carbonyl (C=O) groups is 2. The molecule has 0 aromatic carbocycles. The Morgan fingerprint density at radius 2 is 1.90 bits per heavy atom. The molecule has 0 radical (unpaired) electrons. The Balaban J connectivity index is 2.77. The van der Waals surface area contributed by atoms with Crippen molar-refractivity contribution in [3.8, 4) is 0 Å². The standard InChI is InChI=1S/C13H18O7/c1-7(2)9-5-6-17-11(10(9)8(3)4)19-20-13(16)18-12(14)15/h5-8,11H,1-4H3,(H,14,15). The molecule has 112 valence electrons. The molecule has 1 aliphatic heterocycles. The first-order valence-electron chi connectivity index (χ1n) is 6.17. The van der Waals surface area contributed by atoms with Gasteiger partial charge in [-0.1, -0.05) is 27.7 Å². The van der Waals surface area contributed by atoms with E-state index in [1.807, 2.05) is 33.8 Å². The molecule has 0 amide bonds. The van der Waals surface area contributed by atoms with Crippen molar-refractivity contribution >= 4 is 12.3 Å². The summed E-state index contributed by atoms with van der Waals surface area (Å²) >= 11 is 0. The van der Waals surface area contributed by atoms with Gasteiger partial charge in [-0.05, 0) is 23.5 Å². The molecule has 0 spiro atoms. The van der Waals surface area contributed by atoms with Crippen LogP contribution in [0.4, 0.5) is 9.59 Å². The third-order valence-electron chi connectivity index (χ3n) is 2.66. The molecule has 1 heterocycles. The summed E-state index contributed by atoms with van der Waals surface area (Å²) < 4.78 is 9.00. The summed E-state index contributed by atoms with van der Waals surface area (Å²) in [6, 6.07) is 0. The SMILES string of the molecule is CC(C)C1=C(C(C)C)C(OOC(=O)OC(=O)O)OC=C1. The maximum Gasteiger partial charge on any atom is 0.551 e. The highest BCUT2D eigenvalue weighted by molar-refractivity contribution is 5.75. The van der Waals surface area contributed by atoms with Crippen molar-refractivity contribution in [2.75, 3.05) is 0 Å². The highest BCUT2D eigenvalue weighted by Crippen LogP contribution is 2.31. The summed E-state index contributed by atoms with van der Waals surface area (Å²) in [7, 11) is 0. The molecule has 1 rings (SSSR count). The van der Waals surface area contributed by atoms with E-state index in [0.717, 1.165) is 11.1 Å². The molecule has 20 heavy (non-hydrogen) atoms. The number of hydrogen-bond acceptors (Lipinski definition) is 6. The molecule has 0 saturated heterocycles. The van der Waals surface area contributed by atoms with Gasteiger partial charge in [0.15, 0.2) is 0 Å². The average Bonchev–Trinajstić information content (AvgIpc) is 2.34. The second-order valence-electron chi connectivity index (χ2n) is 4.79. The van der Waals surface area contributed by atoms with Gasteiger partial charge in [0, 0.05) is 5.57 Å². The van der Waals surface area contributed by atoms with E-state index in [-0.39, 0.29) is 11.8 Å². The zero-order valence-electron chi connectivity index (χ0n) is 11.8. The molecule has 1 atom stereocenters. The van der Waals surface area contributed by atoms with E-state index in [4.69, 9.17) is 14.7 Å². The van der Waals surface area contributed by atoms with Gasteiger partial charge in [0.1, 0.15) is 0 Å². The average molecular weight is 286 g/mol. The fourth-order valence-electron chi connectivity index (χ4n) is 1.87. The number of hydrogen-bond donors (Lipinski definition) is 1. The van der Waals surface area contributed by atoms with Crippen LogP contribution in [-0.2, 0) is 19.2 Å². The summed E-state index contributed by atoms with van der Waals surface area (Å²) in [5, 5.41) is 8.25. The van der Waals surface area contributed by atoms with Gasteiger partial charge in [-0.15, -0.1) is 4.89 Å². The van der Waals surface area contributed by atoms with Gasteiger partial charge in [0.2, 0.25) is 0 Å². The lowest BCUT2D eigenvalue weighted by Crippen LogP contribution is -2.27. The van der Waals surface area contributed by atoms with Gasteiger partial charge in [0.25, 0.3) is 6.29 Å². The van der Waals surface area contributed by atoms with Crippen LogP contribution in [0, 0.1) is 11.8 Å². The van der Waals surface area contributed by atoms with Gasteiger partial charge < -0.3 is 14.6 Å². The van der Waals surface area contributed by atoms with Crippen molar-refractivity contribution in [2.45, 2.75) is 34.0 Å². The minimum atomic E-state index is -1.77. The number of rotatable bonds is 4. The molecule has 0 aromatic rings. The lowest BCUT2D eigenvalue weighted by atomic mass is 9.89. The van der Waals surface area contributed by atoms with Crippen LogP contribution in [0.1, 0.15) is 27.7 Å². The lowest BCUT2D eigenvalue weighted by molar-refractivity contribution is -0.325. The van der Waals surface area contributed by atoms with E-state index >= 15 is 0 Å². The molecular formula is C13H18O7. The normalized spacial score (nSPS) is 18.2. The Morgan fingerprint density at radius 1 is 1.25 bits per heavy atom. The zero-order chi connectivity index (χ0) is 15.3. The smallest absolute Gasteiger partial charge is 0.465 e. The second kappa shape index (κ2) is 6.95. The fourth-order valence-corrected chi connectivity index (χ4v) is 1.87. The highest BCUT2D eigenvalue weighted by Gasteiger charge is 2.28. The predicted octanol–water partition coefficient (Wildman–Crippen LogP) is 3.23. The van der Waals surface area contributed by atoms with E-state index in [9.17, 15) is 9.59 Å². The Bertz CT molecular complexity index is 434. The summed E-state index contributed by atoms with van der Waals surface area (Å²) in [6.07, 6.45) is -0.887. The summed E-state index contributed by atoms with van der Waals surface area (Å²) in [6.45, 7) is 7.94. The minimum Gasteiger partial charge on any atom is -0.465 e. The molecule has 0 saturated carbocycles. The number of carboxylic acid groups (broad SMARTS) is 1. The number of carbonyl (C=O) groups excluding carboxylic acids is 1. The van der Waals surface area contributed by atoms with Crippen molar-refractivity contribution in [1.29, 1.82) is 0 Å². The van der Waals surface area contributed by atoms with Crippen LogP contribution < -0.4 is 0 Å². The van der Waals surface area contributed by atoms with Crippen molar-refractivity contribution in [1.82, 2.24) is 0 Å². The fraction of sp³-hybridized carbons (Fsp3) is 0.538. The van der Waals surface area contributed by atoms with Crippen molar-refractivity contribution in [2.24, 2.45) is 11.8 Å². The molecule has 7 heteroatoms. The Kier molecular flexibility index (Phi) is 5.57. The van der Waals surface area contributed by atoms with Crippen LogP contribution in [-0.4, -0.2) is 23.7 Å². The van der Waals surface area contributed by atoms with Crippen LogP contribution in [0.3, 0.4) is 0 Å². The zero-order valence-corrected chi connectivity index (χ0v) is 11.8. The maximum atomic E-state index is 10.9. The first kappa shape index (κ1) is 16.0. The van der Waals surface area contributed by atoms with Crippen LogP contribution in [0.25, 0.3) is 0 Å². The quantitative estimate of drug-likeness (QED) is 0.367. The summed E-state index contributed by atoms with van der Waals surface area (Å²) in [5.74, 6) is 0.339. The maximum absolute atomic E-state index is 10.9. The second-order valence-corrected chi connectivity index (χ2v) is 4.79. The van der Waals surface area contributed by atoms with Crippen molar-refractivity contribution in [3.05, 3.63) is 23.5 Å². The predicted molar refractivity (Wildman–Crippen MR) is 67.4 cm³/mol. The van der Waals surface area contributed by atoms with E-state index in [1.165, 1.54) is 6.26 Å². The summed E-state index contributed by atoms with van der Waals surface area (Å²) in [4.78, 5) is 30.2. The van der Waals surface area contributed by atoms with Crippen LogP contribution in [0.5, 0.6) is 0 Å². The number of allylic oxidation sites excluding steroid dienone is 2. The molecule has 0 aromatic heterocycles. The molecule has 0 fully saturated rings. The van der Waals surface area contributed by atoms with E-state index in [0.29, 0.717) is 0 Å². The van der Waals surface area contributed by atoms with Crippen LogP contribution in [0.2, 0.25) is 0 Å². The van der Waals surface area contributed by atoms with Crippen LogP contribution >= 0.6 is 0 Å². The molecule has 1 N–H and O–H groups in total. The third-order valence-corrected chi connectivity index (χ3v) is 2.66. The molecule has 0 aliphatic carbocycles.